The topological polar surface area (TPSA) is 37.4 Å². The number of pyridine rings is 1. The van der Waals surface area contributed by atoms with Crippen LogP contribution in [0.2, 0.25) is 0 Å². The van der Waals surface area contributed by atoms with Gasteiger partial charge in [-0.1, -0.05) is 13.8 Å². The average molecular weight is 291 g/mol. The van der Waals surface area contributed by atoms with Crippen molar-refractivity contribution in [1.29, 1.82) is 0 Å². The van der Waals surface area contributed by atoms with Gasteiger partial charge in [0.15, 0.2) is 0 Å². The largest absolute Gasteiger partial charge is 0.479 e. The van der Waals surface area contributed by atoms with Crippen LogP contribution in [-0.2, 0) is 0 Å². The molecule has 1 aliphatic rings. The second kappa shape index (κ2) is 7.01. The van der Waals surface area contributed by atoms with Crippen molar-refractivity contribution in [3.8, 4) is 5.88 Å². The lowest BCUT2D eigenvalue weighted by Gasteiger charge is -2.33. The number of ether oxygens (including phenoxy) is 1. The summed E-state index contributed by atoms with van der Waals surface area (Å²) in [5.74, 6) is 2.37. The maximum atomic E-state index is 5.44. The van der Waals surface area contributed by atoms with Gasteiger partial charge in [-0.05, 0) is 43.6 Å². The molecular weight excluding hydrogens is 262 g/mol. The molecule has 1 aromatic heterocycles. The van der Waals surface area contributed by atoms with Crippen molar-refractivity contribution in [2.24, 2.45) is 11.8 Å². The lowest BCUT2D eigenvalue weighted by molar-refractivity contribution is 0.266. The monoisotopic (exact) mass is 291 g/mol. The quantitative estimate of drug-likeness (QED) is 0.896. The van der Waals surface area contributed by atoms with Gasteiger partial charge in [0, 0.05) is 26.3 Å². The van der Waals surface area contributed by atoms with Gasteiger partial charge in [0.05, 0.1) is 12.8 Å². The SMILES string of the molecule is COc1nccc(N(C)C)c1NC1CCC(C(C)C)CC1. The van der Waals surface area contributed by atoms with Gasteiger partial charge in [0.25, 0.3) is 0 Å². The van der Waals surface area contributed by atoms with E-state index in [0.29, 0.717) is 11.9 Å². The van der Waals surface area contributed by atoms with E-state index >= 15 is 0 Å². The van der Waals surface area contributed by atoms with Crippen LogP contribution in [-0.4, -0.2) is 32.2 Å². The number of hydrogen-bond acceptors (Lipinski definition) is 4. The first-order valence-electron chi connectivity index (χ1n) is 7.99. The number of aromatic nitrogens is 1. The summed E-state index contributed by atoms with van der Waals surface area (Å²) in [5, 5.41) is 3.68. The number of anilines is 2. The summed E-state index contributed by atoms with van der Waals surface area (Å²) in [7, 11) is 5.79. The van der Waals surface area contributed by atoms with Crippen LogP contribution in [0.3, 0.4) is 0 Å². The highest BCUT2D eigenvalue weighted by Crippen LogP contribution is 2.36. The van der Waals surface area contributed by atoms with Gasteiger partial charge < -0.3 is 15.0 Å². The fourth-order valence-electron chi connectivity index (χ4n) is 3.23. The third-order valence-corrected chi connectivity index (χ3v) is 4.63. The molecule has 21 heavy (non-hydrogen) atoms. The number of nitrogens with zero attached hydrogens (tertiary/aromatic N) is 2. The van der Waals surface area contributed by atoms with E-state index in [4.69, 9.17) is 4.74 Å². The summed E-state index contributed by atoms with van der Waals surface area (Å²) in [6, 6.07) is 2.56. The van der Waals surface area contributed by atoms with Crippen molar-refractivity contribution in [2.75, 3.05) is 31.4 Å². The Morgan fingerprint density at radius 2 is 1.90 bits per heavy atom. The molecule has 2 rings (SSSR count). The van der Waals surface area contributed by atoms with Crippen LogP contribution in [0, 0.1) is 11.8 Å². The second-order valence-electron chi connectivity index (χ2n) is 6.61. The van der Waals surface area contributed by atoms with Gasteiger partial charge in [0.1, 0.15) is 5.69 Å². The molecule has 4 nitrogen and oxygen atoms in total. The predicted molar refractivity (Wildman–Crippen MR) is 89.3 cm³/mol. The third kappa shape index (κ3) is 3.80. The van der Waals surface area contributed by atoms with Crippen LogP contribution in [0.25, 0.3) is 0 Å². The van der Waals surface area contributed by atoms with Crippen molar-refractivity contribution in [1.82, 2.24) is 4.98 Å². The van der Waals surface area contributed by atoms with Gasteiger partial charge in [-0.25, -0.2) is 4.98 Å². The predicted octanol–water partition coefficient (Wildman–Crippen LogP) is 3.78. The zero-order valence-corrected chi connectivity index (χ0v) is 14.0. The summed E-state index contributed by atoms with van der Waals surface area (Å²) in [6.07, 6.45) is 6.89. The van der Waals surface area contributed by atoms with Crippen LogP contribution >= 0.6 is 0 Å². The molecule has 1 aliphatic carbocycles. The molecule has 0 spiro atoms. The molecule has 0 atom stereocenters. The standard InChI is InChI=1S/C17H29N3O/c1-12(2)13-6-8-14(9-7-13)19-16-15(20(3)4)10-11-18-17(16)21-5/h10-14,19H,6-9H2,1-5H3. The number of methoxy groups -OCH3 is 1. The summed E-state index contributed by atoms with van der Waals surface area (Å²) in [4.78, 5) is 6.44. The van der Waals surface area contributed by atoms with Gasteiger partial charge in [-0.3, -0.25) is 0 Å². The maximum absolute atomic E-state index is 5.44. The first-order chi connectivity index (χ1) is 10.0. The molecule has 4 heteroatoms. The molecular formula is C17H29N3O. The molecule has 1 N–H and O–H groups in total. The molecule has 1 aromatic rings. The van der Waals surface area contributed by atoms with E-state index < -0.39 is 0 Å². The van der Waals surface area contributed by atoms with Crippen LogP contribution in [0.15, 0.2) is 12.3 Å². The molecule has 0 amide bonds. The molecule has 1 heterocycles. The zero-order valence-electron chi connectivity index (χ0n) is 14.0. The van der Waals surface area contributed by atoms with Crippen molar-refractivity contribution in [2.45, 2.75) is 45.6 Å². The van der Waals surface area contributed by atoms with Gasteiger partial charge >= 0.3 is 0 Å². The van der Waals surface area contributed by atoms with Gasteiger partial charge in [-0.15, -0.1) is 0 Å². The minimum atomic E-state index is 0.525. The Kier molecular flexibility index (Phi) is 5.32. The normalized spacial score (nSPS) is 22.2. The molecule has 0 aliphatic heterocycles. The first kappa shape index (κ1) is 15.9. The zero-order chi connectivity index (χ0) is 15.4. The van der Waals surface area contributed by atoms with Gasteiger partial charge in [0.2, 0.25) is 5.88 Å². The summed E-state index contributed by atoms with van der Waals surface area (Å²) in [6.45, 7) is 4.68. The molecule has 0 saturated heterocycles. The Morgan fingerprint density at radius 1 is 1.24 bits per heavy atom. The first-order valence-corrected chi connectivity index (χ1v) is 7.99. The van der Waals surface area contributed by atoms with Gasteiger partial charge in [-0.2, -0.15) is 0 Å². The summed E-state index contributed by atoms with van der Waals surface area (Å²) < 4.78 is 5.44. The number of rotatable bonds is 5. The molecule has 118 valence electrons. The Balaban J connectivity index is 2.09. The van der Waals surface area contributed by atoms with Crippen molar-refractivity contribution < 1.29 is 4.74 Å². The van der Waals surface area contributed by atoms with E-state index in [0.717, 1.165) is 23.2 Å². The minimum Gasteiger partial charge on any atom is -0.479 e. The molecule has 0 unspecified atom stereocenters. The number of hydrogen-bond donors (Lipinski definition) is 1. The minimum absolute atomic E-state index is 0.525. The van der Waals surface area contributed by atoms with Crippen molar-refractivity contribution >= 4 is 11.4 Å². The summed E-state index contributed by atoms with van der Waals surface area (Å²) >= 11 is 0. The Morgan fingerprint density at radius 3 is 2.43 bits per heavy atom. The highest BCUT2D eigenvalue weighted by Gasteiger charge is 2.25. The van der Waals surface area contributed by atoms with Crippen LogP contribution in [0.5, 0.6) is 5.88 Å². The Labute approximate surface area is 128 Å². The lowest BCUT2D eigenvalue weighted by Crippen LogP contribution is -2.29. The lowest BCUT2D eigenvalue weighted by atomic mass is 9.79. The van der Waals surface area contributed by atoms with E-state index in [9.17, 15) is 0 Å². The highest BCUT2D eigenvalue weighted by atomic mass is 16.5. The molecule has 0 aromatic carbocycles. The fraction of sp³-hybridized carbons (Fsp3) is 0.706. The van der Waals surface area contributed by atoms with Crippen LogP contribution in [0.1, 0.15) is 39.5 Å². The molecule has 0 radical (unpaired) electrons. The maximum Gasteiger partial charge on any atom is 0.239 e. The molecule has 0 bridgehead atoms. The fourth-order valence-corrected chi connectivity index (χ4v) is 3.23. The van der Waals surface area contributed by atoms with E-state index in [1.165, 1.54) is 25.7 Å². The van der Waals surface area contributed by atoms with Crippen LogP contribution < -0.4 is 15.0 Å². The third-order valence-electron chi connectivity index (χ3n) is 4.63. The molecule has 1 fully saturated rings. The average Bonchev–Trinajstić information content (AvgIpc) is 2.47. The smallest absolute Gasteiger partial charge is 0.239 e. The van der Waals surface area contributed by atoms with Crippen molar-refractivity contribution in [3.63, 3.8) is 0 Å². The van der Waals surface area contributed by atoms with Crippen LogP contribution in [0.4, 0.5) is 11.4 Å². The van der Waals surface area contributed by atoms with E-state index in [1.54, 1.807) is 13.3 Å². The van der Waals surface area contributed by atoms with Crippen molar-refractivity contribution in [3.05, 3.63) is 12.3 Å². The summed E-state index contributed by atoms with van der Waals surface area (Å²) in [5.41, 5.74) is 2.16. The molecule has 1 saturated carbocycles. The van der Waals surface area contributed by atoms with E-state index in [1.807, 2.05) is 6.07 Å². The Hall–Kier alpha value is -1.45. The second-order valence-corrected chi connectivity index (χ2v) is 6.61. The number of nitrogens with one attached hydrogen (secondary N) is 1. The Bertz CT molecular complexity index is 451. The van der Waals surface area contributed by atoms with E-state index in [-0.39, 0.29) is 0 Å². The van der Waals surface area contributed by atoms with E-state index in [2.05, 4.69) is 43.1 Å². The highest BCUT2D eigenvalue weighted by molar-refractivity contribution is 5.74.